The lowest BCUT2D eigenvalue weighted by atomic mass is 9.82. The highest BCUT2D eigenvalue weighted by atomic mass is 16.5. The maximum atomic E-state index is 6.42. The first-order valence-corrected chi connectivity index (χ1v) is 7.44. The first-order valence-electron chi connectivity index (χ1n) is 7.44. The summed E-state index contributed by atoms with van der Waals surface area (Å²) in [6.07, 6.45) is 5.97. The van der Waals surface area contributed by atoms with Crippen LogP contribution in [0.5, 0.6) is 5.75 Å². The third-order valence-electron chi connectivity index (χ3n) is 4.14. The molecule has 1 aliphatic carbocycles. The van der Waals surface area contributed by atoms with Crippen LogP contribution in [-0.2, 0) is 12.0 Å². The molecule has 0 saturated heterocycles. The Morgan fingerprint density at radius 1 is 1.29 bits per heavy atom. The topological polar surface area (TPSA) is 74.2 Å². The molecule has 0 bridgehead atoms. The molecule has 2 aromatic rings. The smallest absolute Gasteiger partial charge is 0.246 e. The minimum atomic E-state index is -0.433. The van der Waals surface area contributed by atoms with Crippen molar-refractivity contribution in [3.8, 4) is 5.75 Å². The van der Waals surface area contributed by atoms with Gasteiger partial charge in [-0.25, -0.2) is 0 Å². The van der Waals surface area contributed by atoms with E-state index in [-0.39, 0.29) is 0 Å². The van der Waals surface area contributed by atoms with Gasteiger partial charge in [-0.2, -0.15) is 4.98 Å². The maximum Gasteiger partial charge on any atom is 0.246 e. The van der Waals surface area contributed by atoms with Crippen molar-refractivity contribution >= 4 is 0 Å². The Kier molecular flexibility index (Phi) is 3.92. The lowest BCUT2D eigenvalue weighted by Gasteiger charge is -2.29. The van der Waals surface area contributed by atoms with Crippen LogP contribution in [0.3, 0.4) is 0 Å². The van der Waals surface area contributed by atoms with Gasteiger partial charge in [-0.1, -0.05) is 36.6 Å². The van der Waals surface area contributed by atoms with Gasteiger partial charge in [-0.15, -0.1) is 0 Å². The predicted octanol–water partition coefficient (Wildman–Crippen LogP) is 2.79. The summed E-state index contributed by atoms with van der Waals surface area (Å²) < 4.78 is 10.6. The number of hydrogen-bond donors (Lipinski definition) is 1. The Bertz CT molecular complexity index is 603. The van der Waals surface area contributed by atoms with Crippen LogP contribution in [0.2, 0.25) is 0 Å². The van der Waals surface area contributed by atoms with Gasteiger partial charge in [0.25, 0.3) is 0 Å². The van der Waals surface area contributed by atoms with E-state index in [4.69, 9.17) is 15.0 Å². The van der Waals surface area contributed by atoms with Crippen LogP contribution in [0.1, 0.15) is 49.4 Å². The van der Waals surface area contributed by atoms with Crippen LogP contribution in [0.4, 0.5) is 0 Å². The highest BCUT2D eigenvalue weighted by Gasteiger charge is 2.35. The molecule has 0 unspecified atom stereocenters. The second kappa shape index (κ2) is 5.85. The highest BCUT2D eigenvalue weighted by Crippen LogP contribution is 2.33. The number of ether oxygens (including phenoxy) is 1. The minimum Gasteiger partial charge on any atom is -0.497 e. The van der Waals surface area contributed by atoms with E-state index in [0.717, 1.165) is 37.0 Å². The summed E-state index contributed by atoms with van der Waals surface area (Å²) >= 11 is 0. The Morgan fingerprint density at radius 3 is 2.86 bits per heavy atom. The lowest BCUT2D eigenvalue weighted by molar-refractivity contribution is 0.219. The van der Waals surface area contributed by atoms with Gasteiger partial charge in [0.15, 0.2) is 5.82 Å². The summed E-state index contributed by atoms with van der Waals surface area (Å²) in [4.78, 5) is 4.51. The molecule has 0 atom stereocenters. The van der Waals surface area contributed by atoms with Crippen LogP contribution >= 0.6 is 0 Å². The third-order valence-corrected chi connectivity index (χ3v) is 4.14. The minimum absolute atomic E-state index is 0.433. The van der Waals surface area contributed by atoms with Crippen LogP contribution in [0, 0.1) is 0 Å². The Hall–Kier alpha value is -1.88. The van der Waals surface area contributed by atoms with Gasteiger partial charge >= 0.3 is 0 Å². The van der Waals surface area contributed by atoms with Crippen molar-refractivity contribution in [2.75, 3.05) is 7.11 Å². The summed E-state index contributed by atoms with van der Waals surface area (Å²) in [5, 5.41) is 4.08. The third kappa shape index (κ3) is 3.08. The molecular formula is C16H21N3O2. The normalized spacial score (nSPS) is 17.6. The van der Waals surface area contributed by atoms with E-state index >= 15 is 0 Å². The van der Waals surface area contributed by atoms with Crippen molar-refractivity contribution < 1.29 is 9.26 Å². The van der Waals surface area contributed by atoms with Crippen molar-refractivity contribution in [1.82, 2.24) is 10.1 Å². The second-order valence-corrected chi connectivity index (χ2v) is 5.76. The molecule has 0 amide bonds. The van der Waals surface area contributed by atoms with E-state index in [0.29, 0.717) is 18.1 Å². The predicted molar refractivity (Wildman–Crippen MR) is 79.0 cm³/mol. The van der Waals surface area contributed by atoms with Crippen LogP contribution < -0.4 is 10.5 Å². The molecule has 5 nitrogen and oxygen atoms in total. The van der Waals surface area contributed by atoms with Gasteiger partial charge < -0.3 is 15.0 Å². The number of nitrogens with zero attached hydrogens (tertiary/aromatic N) is 2. The molecule has 0 aliphatic heterocycles. The van der Waals surface area contributed by atoms with Crippen molar-refractivity contribution in [1.29, 1.82) is 0 Å². The molecule has 1 fully saturated rings. The van der Waals surface area contributed by atoms with Crippen LogP contribution in [0.15, 0.2) is 28.8 Å². The fraction of sp³-hybridized carbons (Fsp3) is 0.500. The van der Waals surface area contributed by atoms with Crippen molar-refractivity contribution in [2.45, 2.75) is 44.1 Å². The van der Waals surface area contributed by atoms with E-state index in [1.807, 2.05) is 24.3 Å². The van der Waals surface area contributed by atoms with Gasteiger partial charge in [0.05, 0.1) is 12.6 Å². The zero-order chi connectivity index (χ0) is 14.7. The molecule has 3 rings (SSSR count). The Balaban J connectivity index is 1.75. The SMILES string of the molecule is COc1cccc(Cc2noc(C3(N)CCCCC3)n2)c1. The van der Waals surface area contributed by atoms with Gasteiger partial charge in [0.1, 0.15) is 5.75 Å². The van der Waals surface area contributed by atoms with Crippen molar-refractivity contribution in [3.05, 3.63) is 41.5 Å². The van der Waals surface area contributed by atoms with E-state index in [1.165, 1.54) is 6.42 Å². The van der Waals surface area contributed by atoms with E-state index in [2.05, 4.69) is 10.1 Å². The number of aromatic nitrogens is 2. The molecule has 21 heavy (non-hydrogen) atoms. The summed E-state index contributed by atoms with van der Waals surface area (Å²) in [7, 11) is 1.66. The fourth-order valence-electron chi connectivity index (χ4n) is 2.89. The number of rotatable bonds is 4. The lowest BCUT2D eigenvalue weighted by Crippen LogP contribution is -2.39. The number of nitrogens with two attached hydrogens (primary N) is 1. The first kappa shape index (κ1) is 14.1. The second-order valence-electron chi connectivity index (χ2n) is 5.76. The Labute approximate surface area is 124 Å². The van der Waals surface area contributed by atoms with E-state index < -0.39 is 5.54 Å². The maximum absolute atomic E-state index is 6.42. The molecule has 2 N–H and O–H groups in total. The zero-order valence-corrected chi connectivity index (χ0v) is 12.3. The van der Waals surface area contributed by atoms with Crippen LogP contribution in [-0.4, -0.2) is 17.3 Å². The summed E-state index contributed by atoms with van der Waals surface area (Å²) in [5.41, 5.74) is 7.08. The van der Waals surface area contributed by atoms with Crippen LogP contribution in [0.25, 0.3) is 0 Å². The van der Waals surface area contributed by atoms with Gasteiger partial charge in [-0.3, -0.25) is 0 Å². The summed E-state index contributed by atoms with van der Waals surface area (Å²) in [5.74, 6) is 2.09. The molecule has 112 valence electrons. The molecule has 1 aromatic heterocycles. The highest BCUT2D eigenvalue weighted by molar-refractivity contribution is 5.30. The quantitative estimate of drug-likeness (QED) is 0.936. The average molecular weight is 287 g/mol. The number of methoxy groups -OCH3 is 1. The van der Waals surface area contributed by atoms with Crippen molar-refractivity contribution in [3.63, 3.8) is 0 Å². The number of benzene rings is 1. The number of hydrogen-bond acceptors (Lipinski definition) is 5. The standard InChI is InChI=1S/C16H21N3O2/c1-20-13-7-5-6-12(10-13)11-14-18-15(21-19-14)16(17)8-3-2-4-9-16/h5-7,10H,2-4,8-9,11,17H2,1H3. The van der Waals surface area contributed by atoms with Crippen molar-refractivity contribution in [2.24, 2.45) is 5.73 Å². The largest absolute Gasteiger partial charge is 0.497 e. The van der Waals surface area contributed by atoms with E-state index in [9.17, 15) is 0 Å². The molecule has 0 spiro atoms. The monoisotopic (exact) mass is 287 g/mol. The van der Waals surface area contributed by atoms with Gasteiger partial charge in [0.2, 0.25) is 5.89 Å². The van der Waals surface area contributed by atoms with Gasteiger partial charge in [0, 0.05) is 6.42 Å². The molecule has 5 heteroatoms. The zero-order valence-electron chi connectivity index (χ0n) is 12.3. The van der Waals surface area contributed by atoms with Gasteiger partial charge in [-0.05, 0) is 30.5 Å². The fourth-order valence-corrected chi connectivity index (χ4v) is 2.89. The molecule has 1 aliphatic rings. The molecule has 0 radical (unpaired) electrons. The first-order chi connectivity index (χ1) is 10.2. The Morgan fingerprint density at radius 2 is 2.10 bits per heavy atom. The molecule has 1 saturated carbocycles. The summed E-state index contributed by atoms with van der Waals surface area (Å²) in [6.45, 7) is 0. The molecule has 1 heterocycles. The van der Waals surface area contributed by atoms with E-state index in [1.54, 1.807) is 7.11 Å². The molecule has 1 aromatic carbocycles. The summed E-state index contributed by atoms with van der Waals surface area (Å²) in [6, 6.07) is 7.88. The average Bonchev–Trinajstić information content (AvgIpc) is 2.97. The molecular weight excluding hydrogens is 266 g/mol.